The summed E-state index contributed by atoms with van der Waals surface area (Å²) in [6, 6.07) is 10.4. The van der Waals surface area contributed by atoms with Crippen molar-refractivity contribution in [3.8, 4) is 5.69 Å². The van der Waals surface area contributed by atoms with E-state index in [0.29, 0.717) is 0 Å². The van der Waals surface area contributed by atoms with E-state index in [0.717, 1.165) is 31.7 Å². The van der Waals surface area contributed by atoms with Crippen molar-refractivity contribution in [2.75, 3.05) is 46.4 Å². The fraction of sp³-hybridized carbons (Fsp3) is 0.526. The minimum absolute atomic E-state index is 0.186. The van der Waals surface area contributed by atoms with Crippen LogP contribution in [0, 0.1) is 0 Å². The molecule has 5 nitrogen and oxygen atoms in total. The predicted octanol–water partition coefficient (Wildman–Crippen LogP) is 2.12. The maximum Gasteiger partial charge on any atom is 0.0870 e. The van der Waals surface area contributed by atoms with Crippen LogP contribution in [0.5, 0.6) is 0 Å². The number of benzene rings is 1. The van der Waals surface area contributed by atoms with E-state index in [1.165, 1.54) is 37.4 Å². The maximum absolute atomic E-state index is 6.08. The third-order valence-corrected chi connectivity index (χ3v) is 5.21. The molecule has 1 aromatic heterocycles. The largest absolute Gasteiger partial charge is 0.373 e. The minimum atomic E-state index is 0.186. The maximum atomic E-state index is 6.08. The minimum Gasteiger partial charge on any atom is -0.373 e. The lowest BCUT2D eigenvalue weighted by atomic mass is 10.0. The predicted molar refractivity (Wildman–Crippen MR) is 94.5 cm³/mol. The summed E-state index contributed by atoms with van der Waals surface area (Å²) in [6.45, 7) is 6.57. The van der Waals surface area contributed by atoms with Crippen LogP contribution >= 0.6 is 0 Å². The molecule has 2 aromatic rings. The van der Waals surface area contributed by atoms with Gasteiger partial charge in [-0.25, -0.2) is 4.68 Å². The van der Waals surface area contributed by atoms with Gasteiger partial charge in [0.1, 0.15) is 0 Å². The van der Waals surface area contributed by atoms with Gasteiger partial charge in [-0.05, 0) is 25.6 Å². The Kier molecular flexibility index (Phi) is 4.65. The number of aromatic nitrogens is 2. The molecule has 2 aliphatic heterocycles. The molecule has 0 N–H and O–H groups in total. The van der Waals surface area contributed by atoms with Gasteiger partial charge < -0.3 is 14.5 Å². The number of hydrogen-bond donors (Lipinski definition) is 0. The summed E-state index contributed by atoms with van der Waals surface area (Å²) < 4.78 is 8.16. The zero-order chi connectivity index (χ0) is 16.4. The van der Waals surface area contributed by atoms with E-state index < -0.39 is 0 Å². The molecule has 0 bridgehead atoms. The van der Waals surface area contributed by atoms with Gasteiger partial charge in [0, 0.05) is 44.7 Å². The third kappa shape index (κ3) is 3.24. The summed E-state index contributed by atoms with van der Waals surface area (Å²) in [7, 11) is 2.20. The first-order valence-corrected chi connectivity index (χ1v) is 8.96. The van der Waals surface area contributed by atoms with E-state index in [-0.39, 0.29) is 6.10 Å². The molecule has 128 valence electrons. The summed E-state index contributed by atoms with van der Waals surface area (Å²) in [6.07, 6.45) is 4.19. The van der Waals surface area contributed by atoms with Crippen LogP contribution in [0.25, 0.3) is 5.69 Å². The zero-order valence-corrected chi connectivity index (χ0v) is 14.4. The number of nitrogens with zero attached hydrogens (tertiary/aromatic N) is 4. The van der Waals surface area contributed by atoms with Gasteiger partial charge >= 0.3 is 0 Å². The lowest BCUT2D eigenvalue weighted by Crippen LogP contribution is -2.45. The molecule has 24 heavy (non-hydrogen) atoms. The Morgan fingerprint density at radius 2 is 1.92 bits per heavy atom. The van der Waals surface area contributed by atoms with Gasteiger partial charge in [-0.1, -0.05) is 18.2 Å². The van der Waals surface area contributed by atoms with Crippen molar-refractivity contribution in [1.82, 2.24) is 19.6 Å². The Labute approximate surface area is 143 Å². The van der Waals surface area contributed by atoms with E-state index in [1.54, 1.807) is 0 Å². The van der Waals surface area contributed by atoms with Crippen LogP contribution in [0.3, 0.4) is 0 Å². The molecular formula is C19H26N4O. The molecule has 1 fully saturated rings. The summed E-state index contributed by atoms with van der Waals surface area (Å²) in [5, 5.41) is 4.64. The highest BCUT2D eigenvalue weighted by atomic mass is 16.5. The van der Waals surface area contributed by atoms with Crippen LogP contribution in [0.4, 0.5) is 0 Å². The molecule has 0 aliphatic carbocycles. The zero-order valence-electron chi connectivity index (χ0n) is 14.4. The molecule has 2 aliphatic rings. The van der Waals surface area contributed by atoms with Gasteiger partial charge in [0.25, 0.3) is 0 Å². The Morgan fingerprint density at radius 3 is 2.71 bits per heavy atom. The Hall–Kier alpha value is -1.69. The second-order valence-electron chi connectivity index (χ2n) is 6.84. The Bertz CT molecular complexity index is 661. The van der Waals surface area contributed by atoms with Gasteiger partial charge in [-0.2, -0.15) is 5.10 Å². The summed E-state index contributed by atoms with van der Waals surface area (Å²) in [5.41, 5.74) is 3.73. The first kappa shape index (κ1) is 15.8. The van der Waals surface area contributed by atoms with Gasteiger partial charge in [-0.3, -0.25) is 0 Å². The number of para-hydroxylation sites is 1. The Morgan fingerprint density at radius 1 is 1.12 bits per heavy atom. The van der Waals surface area contributed by atoms with Crippen LogP contribution in [0.15, 0.2) is 36.5 Å². The van der Waals surface area contributed by atoms with Crippen LogP contribution in [-0.4, -0.2) is 66.0 Å². The van der Waals surface area contributed by atoms with Crippen LogP contribution < -0.4 is 0 Å². The summed E-state index contributed by atoms with van der Waals surface area (Å²) in [4.78, 5) is 4.95. The highest BCUT2D eigenvalue weighted by molar-refractivity contribution is 5.36. The van der Waals surface area contributed by atoms with Crippen molar-refractivity contribution in [2.24, 2.45) is 0 Å². The van der Waals surface area contributed by atoms with Crippen molar-refractivity contribution >= 4 is 0 Å². The number of rotatable bonds is 4. The second-order valence-corrected chi connectivity index (χ2v) is 6.84. The molecule has 0 amide bonds. The number of fused-ring (bicyclic) bond motifs is 1. The second kappa shape index (κ2) is 7.05. The average Bonchev–Trinajstić information content (AvgIpc) is 3.07. The monoisotopic (exact) mass is 326 g/mol. The van der Waals surface area contributed by atoms with Crippen molar-refractivity contribution in [1.29, 1.82) is 0 Å². The fourth-order valence-corrected chi connectivity index (χ4v) is 3.70. The van der Waals surface area contributed by atoms with Gasteiger partial charge in [0.05, 0.1) is 30.3 Å². The Balaban J connectivity index is 1.45. The first-order chi connectivity index (χ1) is 11.8. The summed E-state index contributed by atoms with van der Waals surface area (Å²) in [5.74, 6) is 0. The van der Waals surface area contributed by atoms with Crippen molar-refractivity contribution in [3.05, 3.63) is 47.8 Å². The summed E-state index contributed by atoms with van der Waals surface area (Å²) >= 11 is 0. The molecular weight excluding hydrogens is 300 g/mol. The van der Waals surface area contributed by atoms with E-state index in [4.69, 9.17) is 4.74 Å². The lowest BCUT2D eigenvalue weighted by Gasteiger charge is -2.33. The molecule has 3 heterocycles. The highest BCUT2D eigenvalue weighted by Crippen LogP contribution is 2.31. The molecule has 0 radical (unpaired) electrons. The van der Waals surface area contributed by atoms with Crippen LogP contribution in [-0.2, 0) is 11.2 Å². The number of ether oxygens (including phenoxy) is 1. The quantitative estimate of drug-likeness (QED) is 0.862. The van der Waals surface area contributed by atoms with Crippen molar-refractivity contribution in [3.63, 3.8) is 0 Å². The van der Waals surface area contributed by atoms with E-state index in [2.05, 4.69) is 50.9 Å². The number of piperazine rings is 1. The fourth-order valence-electron chi connectivity index (χ4n) is 3.70. The highest BCUT2D eigenvalue weighted by Gasteiger charge is 2.26. The van der Waals surface area contributed by atoms with Crippen molar-refractivity contribution in [2.45, 2.75) is 18.9 Å². The SMILES string of the molecule is CN1CCN(CCC2OCCc3c2cnn3-c2ccccc2)CC1. The molecule has 1 aromatic carbocycles. The van der Waals surface area contributed by atoms with Gasteiger partial charge in [-0.15, -0.1) is 0 Å². The average molecular weight is 326 g/mol. The molecule has 1 saturated heterocycles. The standard InChI is InChI=1S/C19H26N4O/c1-21-10-12-22(13-11-21)9-7-19-17-15-20-23(18(17)8-14-24-19)16-5-3-2-4-6-16/h2-6,15,19H,7-14H2,1H3. The normalized spacial score (nSPS) is 22.5. The van der Waals surface area contributed by atoms with Crippen LogP contribution in [0.1, 0.15) is 23.8 Å². The molecule has 1 unspecified atom stereocenters. The van der Waals surface area contributed by atoms with Gasteiger partial charge in [0.15, 0.2) is 0 Å². The number of likely N-dealkylation sites (N-methyl/N-ethyl adjacent to an activating group) is 1. The van der Waals surface area contributed by atoms with E-state index in [9.17, 15) is 0 Å². The number of hydrogen-bond acceptors (Lipinski definition) is 4. The first-order valence-electron chi connectivity index (χ1n) is 8.96. The van der Waals surface area contributed by atoms with E-state index >= 15 is 0 Å². The smallest absolute Gasteiger partial charge is 0.0870 e. The van der Waals surface area contributed by atoms with Crippen molar-refractivity contribution < 1.29 is 4.74 Å². The molecule has 5 heteroatoms. The van der Waals surface area contributed by atoms with E-state index in [1.807, 2.05) is 12.3 Å². The molecule has 1 atom stereocenters. The molecule has 0 saturated carbocycles. The van der Waals surface area contributed by atoms with Gasteiger partial charge in [0.2, 0.25) is 0 Å². The van der Waals surface area contributed by atoms with Crippen LogP contribution in [0.2, 0.25) is 0 Å². The lowest BCUT2D eigenvalue weighted by molar-refractivity contribution is 0.0249. The topological polar surface area (TPSA) is 33.5 Å². The molecule has 4 rings (SSSR count). The third-order valence-electron chi connectivity index (χ3n) is 5.21. The molecule has 0 spiro atoms.